The first-order valence-corrected chi connectivity index (χ1v) is 15.3. The fourth-order valence-corrected chi connectivity index (χ4v) is 4.49. The summed E-state index contributed by atoms with van der Waals surface area (Å²) < 4.78 is 0. The summed E-state index contributed by atoms with van der Waals surface area (Å²) in [4.78, 5) is 0. The molecule has 0 heterocycles. The van der Waals surface area contributed by atoms with Gasteiger partial charge in [0.1, 0.15) is 0 Å². The molecule has 0 unspecified atom stereocenters. The van der Waals surface area contributed by atoms with Crippen LogP contribution in [0.15, 0.2) is 48.6 Å². The van der Waals surface area contributed by atoms with Gasteiger partial charge >= 0.3 is 0 Å². The van der Waals surface area contributed by atoms with Gasteiger partial charge in [0.25, 0.3) is 0 Å². The number of unbranched alkanes of at least 4 members (excludes halogenated alkanes) is 12. The van der Waals surface area contributed by atoms with Crippen LogP contribution in [0.1, 0.15) is 156 Å². The Morgan fingerprint density at radius 3 is 1.06 bits per heavy atom. The molecule has 0 aliphatic rings. The van der Waals surface area contributed by atoms with E-state index in [1.807, 2.05) is 0 Å². The molecule has 0 aliphatic carbocycles. The van der Waals surface area contributed by atoms with Crippen LogP contribution in [0.5, 0.6) is 0 Å². The van der Waals surface area contributed by atoms with E-state index in [2.05, 4.69) is 76.3 Å². The van der Waals surface area contributed by atoms with E-state index in [0.717, 1.165) is 11.8 Å². The molecule has 0 heteroatoms. The third kappa shape index (κ3) is 25.6. The van der Waals surface area contributed by atoms with Gasteiger partial charge < -0.3 is 0 Å². The average Bonchev–Trinajstić information content (AvgIpc) is 2.83. The SMILES string of the molecule is CCCCCCC/C=C/CC/C=C/CCC(CC/C=C/CC/C=C/CCCCCCC)C(C)C. The third-order valence-electron chi connectivity index (χ3n) is 6.97. The van der Waals surface area contributed by atoms with Crippen LogP contribution in [0.25, 0.3) is 0 Å². The lowest BCUT2D eigenvalue weighted by Crippen LogP contribution is -2.08. The van der Waals surface area contributed by atoms with Crippen molar-refractivity contribution in [3.63, 3.8) is 0 Å². The Kier molecular flexibility index (Phi) is 27.3. The van der Waals surface area contributed by atoms with Crippen molar-refractivity contribution in [2.45, 2.75) is 156 Å². The van der Waals surface area contributed by atoms with Gasteiger partial charge in [-0.1, -0.05) is 128 Å². The molecule has 0 aliphatic heterocycles. The smallest absolute Gasteiger partial charge is 0.0316 e. The minimum absolute atomic E-state index is 0.794. The number of hydrogen-bond acceptors (Lipinski definition) is 0. The van der Waals surface area contributed by atoms with Crippen LogP contribution in [-0.2, 0) is 0 Å². The van der Waals surface area contributed by atoms with Gasteiger partial charge in [-0.2, -0.15) is 0 Å². The highest BCUT2D eigenvalue weighted by atomic mass is 14.2. The quantitative estimate of drug-likeness (QED) is 0.0918. The molecule has 0 saturated carbocycles. The molecule has 34 heavy (non-hydrogen) atoms. The fraction of sp³-hybridized carbons (Fsp3) is 0.765. The Hall–Kier alpha value is -1.04. The Bertz CT molecular complexity index is 448. The minimum atomic E-state index is 0.794. The summed E-state index contributed by atoms with van der Waals surface area (Å²) in [7, 11) is 0. The Labute approximate surface area is 216 Å². The molecule has 0 saturated heterocycles. The summed E-state index contributed by atoms with van der Waals surface area (Å²) in [5.41, 5.74) is 0. The average molecular weight is 471 g/mol. The molecular weight excluding hydrogens is 408 g/mol. The van der Waals surface area contributed by atoms with Gasteiger partial charge in [-0.3, -0.25) is 0 Å². The van der Waals surface area contributed by atoms with Crippen LogP contribution >= 0.6 is 0 Å². The second kappa shape index (κ2) is 28.2. The Morgan fingerprint density at radius 1 is 0.382 bits per heavy atom. The molecule has 0 N–H and O–H groups in total. The molecule has 0 nitrogen and oxygen atoms in total. The summed E-state index contributed by atoms with van der Waals surface area (Å²) >= 11 is 0. The first-order valence-electron chi connectivity index (χ1n) is 15.3. The van der Waals surface area contributed by atoms with Crippen molar-refractivity contribution in [3.05, 3.63) is 48.6 Å². The maximum absolute atomic E-state index is 2.43. The fourth-order valence-electron chi connectivity index (χ4n) is 4.49. The molecule has 0 atom stereocenters. The highest BCUT2D eigenvalue weighted by Gasteiger charge is 2.11. The van der Waals surface area contributed by atoms with Gasteiger partial charge in [0, 0.05) is 0 Å². The van der Waals surface area contributed by atoms with Crippen molar-refractivity contribution >= 4 is 0 Å². The van der Waals surface area contributed by atoms with Crippen molar-refractivity contribution in [3.8, 4) is 0 Å². The molecule has 0 fully saturated rings. The van der Waals surface area contributed by atoms with Crippen LogP contribution in [0.2, 0.25) is 0 Å². The predicted molar refractivity (Wildman–Crippen MR) is 159 cm³/mol. The summed E-state index contributed by atoms with van der Waals surface area (Å²) in [5.74, 6) is 1.65. The lowest BCUT2D eigenvalue weighted by atomic mass is 9.87. The monoisotopic (exact) mass is 470 g/mol. The molecule has 0 radical (unpaired) electrons. The lowest BCUT2D eigenvalue weighted by molar-refractivity contribution is 0.341. The summed E-state index contributed by atoms with van der Waals surface area (Å²) in [5, 5.41) is 0. The maximum atomic E-state index is 2.43. The molecular formula is C34H62. The summed E-state index contributed by atoms with van der Waals surface area (Å²) in [6.45, 7) is 9.37. The topological polar surface area (TPSA) is 0 Å². The zero-order chi connectivity index (χ0) is 25.0. The molecule has 0 bridgehead atoms. The minimum Gasteiger partial charge on any atom is -0.0885 e. The molecule has 0 aromatic rings. The van der Waals surface area contributed by atoms with Crippen molar-refractivity contribution in [2.75, 3.05) is 0 Å². The normalized spacial score (nSPS) is 12.8. The number of hydrogen-bond donors (Lipinski definition) is 0. The van der Waals surface area contributed by atoms with E-state index in [9.17, 15) is 0 Å². The molecule has 0 aromatic carbocycles. The van der Waals surface area contributed by atoms with Crippen LogP contribution in [-0.4, -0.2) is 0 Å². The largest absolute Gasteiger partial charge is 0.0885 e. The number of allylic oxidation sites excluding steroid dienone is 8. The first-order chi connectivity index (χ1) is 16.7. The highest BCUT2D eigenvalue weighted by Crippen LogP contribution is 2.23. The second-order valence-corrected chi connectivity index (χ2v) is 10.6. The number of rotatable bonds is 25. The van der Waals surface area contributed by atoms with Crippen LogP contribution < -0.4 is 0 Å². The van der Waals surface area contributed by atoms with Crippen molar-refractivity contribution in [1.29, 1.82) is 0 Å². The van der Waals surface area contributed by atoms with Gasteiger partial charge in [0.2, 0.25) is 0 Å². The zero-order valence-electron chi connectivity index (χ0n) is 23.9. The maximum Gasteiger partial charge on any atom is -0.0316 e. The molecule has 0 spiro atoms. The van der Waals surface area contributed by atoms with Crippen LogP contribution in [0.3, 0.4) is 0 Å². The summed E-state index contributed by atoms with van der Waals surface area (Å²) in [6, 6.07) is 0. The van der Waals surface area contributed by atoms with Gasteiger partial charge in [-0.05, 0) is 88.9 Å². The Morgan fingerprint density at radius 2 is 0.706 bits per heavy atom. The highest BCUT2D eigenvalue weighted by molar-refractivity contribution is 4.90. The van der Waals surface area contributed by atoms with E-state index in [0.29, 0.717) is 0 Å². The molecule has 0 aromatic heterocycles. The van der Waals surface area contributed by atoms with Gasteiger partial charge in [-0.15, -0.1) is 0 Å². The van der Waals surface area contributed by atoms with E-state index in [4.69, 9.17) is 0 Å². The Balaban J connectivity index is 3.70. The standard InChI is InChI=1S/C34H62/c1-5-7-9-11-13-15-17-19-21-23-25-27-29-31-34(33(3)4)32-30-28-26-24-22-20-18-16-14-12-10-8-6-2/h17-20,25-28,33-34H,5-16,21-24,29-32H2,1-4H3/b19-17+,20-18+,27-25+,28-26+. The second-order valence-electron chi connectivity index (χ2n) is 10.6. The van der Waals surface area contributed by atoms with E-state index in [-0.39, 0.29) is 0 Å². The molecule has 0 rings (SSSR count). The zero-order valence-corrected chi connectivity index (χ0v) is 23.9. The van der Waals surface area contributed by atoms with E-state index < -0.39 is 0 Å². The van der Waals surface area contributed by atoms with Gasteiger partial charge in [0.05, 0.1) is 0 Å². The molecule has 198 valence electrons. The third-order valence-corrected chi connectivity index (χ3v) is 6.97. The van der Waals surface area contributed by atoms with Crippen molar-refractivity contribution in [1.82, 2.24) is 0 Å². The first kappa shape index (κ1) is 33.0. The van der Waals surface area contributed by atoms with E-state index in [1.54, 1.807) is 0 Å². The lowest BCUT2D eigenvalue weighted by Gasteiger charge is -2.19. The summed E-state index contributed by atoms with van der Waals surface area (Å²) in [6.07, 6.45) is 45.6. The van der Waals surface area contributed by atoms with Crippen molar-refractivity contribution in [2.24, 2.45) is 11.8 Å². The van der Waals surface area contributed by atoms with Crippen LogP contribution in [0.4, 0.5) is 0 Å². The van der Waals surface area contributed by atoms with Gasteiger partial charge in [-0.25, -0.2) is 0 Å². The van der Waals surface area contributed by atoms with E-state index >= 15 is 0 Å². The van der Waals surface area contributed by atoms with Gasteiger partial charge in [0.15, 0.2) is 0 Å². The van der Waals surface area contributed by atoms with Crippen LogP contribution in [0, 0.1) is 11.8 Å². The predicted octanol–water partition coefficient (Wildman–Crippen LogP) is 12.3. The van der Waals surface area contributed by atoms with E-state index in [1.165, 1.54) is 128 Å². The van der Waals surface area contributed by atoms with Crippen molar-refractivity contribution < 1.29 is 0 Å². The molecule has 0 amide bonds.